The smallest absolute Gasteiger partial charge is 0.315 e. The first-order valence-electron chi connectivity index (χ1n) is 4.92. The second kappa shape index (κ2) is 7.36. The average Bonchev–Trinajstić information content (AvgIpc) is 2.34. The Morgan fingerprint density at radius 3 is 3.00 bits per heavy atom. The summed E-state index contributed by atoms with van der Waals surface area (Å²) < 4.78 is 5.26. The highest BCUT2D eigenvalue weighted by atomic mass is 35.5. The lowest BCUT2D eigenvalue weighted by Gasteiger charge is -2.07. The number of pyridine rings is 1. The lowest BCUT2D eigenvalue weighted by Crippen LogP contribution is -2.37. The molecule has 90 valence electrons. The second-order valence-electron chi connectivity index (χ2n) is 2.98. The number of halogens is 1. The largest absolute Gasteiger partial charge is 0.476 e. The van der Waals surface area contributed by atoms with Crippen molar-refractivity contribution < 1.29 is 9.53 Å². The van der Waals surface area contributed by atoms with Crippen molar-refractivity contribution in [3.05, 3.63) is 23.4 Å². The number of aromatic nitrogens is 1. The van der Waals surface area contributed by atoms with E-state index in [0.29, 0.717) is 24.1 Å². The molecule has 1 aromatic rings. The van der Waals surface area contributed by atoms with Crippen LogP contribution in [0.1, 0.15) is 0 Å². The normalized spacial score (nSPS) is 9.18. The Bertz CT molecular complexity index is 400. The SMILES string of the molecule is C#CCNC(=O)NCCOc1ccc(Cl)cn1. The Morgan fingerprint density at radius 1 is 1.53 bits per heavy atom. The Balaban J connectivity index is 2.14. The van der Waals surface area contributed by atoms with Crippen molar-refractivity contribution in [3.8, 4) is 18.2 Å². The highest BCUT2D eigenvalue weighted by Crippen LogP contribution is 2.10. The van der Waals surface area contributed by atoms with Crippen LogP contribution in [0, 0.1) is 12.3 Å². The molecule has 0 unspecified atom stereocenters. The fourth-order valence-electron chi connectivity index (χ4n) is 0.962. The van der Waals surface area contributed by atoms with Gasteiger partial charge in [0.2, 0.25) is 5.88 Å². The number of carbonyl (C=O) groups is 1. The van der Waals surface area contributed by atoms with Crippen molar-refractivity contribution in [1.82, 2.24) is 15.6 Å². The number of rotatable bonds is 5. The van der Waals surface area contributed by atoms with Gasteiger partial charge in [-0.25, -0.2) is 9.78 Å². The fraction of sp³-hybridized carbons (Fsp3) is 0.273. The van der Waals surface area contributed by atoms with Gasteiger partial charge in [-0.3, -0.25) is 0 Å². The Hall–Kier alpha value is -1.93. The third-order valence-electron chi connectivity index (χ3n) is 1.69. The van der Waals surface area contributed by atoms with E-state index in [4.69, 9.17) is 22.8 Å². The lowest BCUT2D eigenvalue weighted by atomic mass is 10.5. The van der Waals surface area contributed by atoms with Gasteiger partial charge in [-0.2, -0.15) is 0 Å². The maximum Gasteiger partial charge on any atom is 0.315 e. The van der Waals surface area contributed by atoms with Crippen LogP contribution in [0.5, 0.6) is 5.88 Å². The summed E-state index contributed by atoms with van der Waals surface area (Å²) in [6, 6.07) is 3.01. The van der Waals surface area contributed by atoms with Crippen molar-refractivity contribution in [2.45, 2.75) is 0 Å². The predicted molar refractivity (Wildman–Crippen MR) is 65.0 cm³/mol. The molecule has 0 aliphatic rings. The molecular weight excluding hydrogens is 242 g/mol. The van der Waals surface area contributed by atoms with Crippen LogP contribution in [-0.2, 0) is 0 Å². The molecule has 0 saturated carbocycles. The molecule has 1 aromatic heterocycles. The predicted octanol–water partition coefficient (Wildman–Crippen LogP) is 1.05. The van der Waals surface area contributed by atoms with E-state index in [1.807, 2.05) is 0 Å². The Kier molecular flexibility index (Phi) is 5.69. The highest BCUT2D eigenvalue weighted by molar-refractivity contribution is 6.30. The number of hydrogen-bond acceptors (Lipinski definition) is 3. The number of ether oxygens (including phenoxy) is 1. The molecule has 6 heteroatoms. The molecule has 0 aromatic carbocycles. The van der Waals surface area contributed by atoms with Crippen LogP contribution in [0.25, 0.3) is 0 Å². The number of terminal acetylenes is 1. The number of urea groups is 1. The van der Waals surface area contributed by atoms with Crippen LogP contribution in [0.3, 0.4) is 0 Å². The van der Waals surface area contributed by atoms with Gasteiger partial charge < -0.3 is 15.4 Å². The van der Waals surface area contributed by atoms with Crippen molar-refractivity contribution >= 4 is 17.6 Å². The first kappa shape index (κ1) is 13.1. The van der Waals surface area contributed by atoms with E-state index in [1.165, 1.54) is 6.20 Å². The van der Waals surface area contributed by atoms with Gasteiger partial charge in [0.15, 0.2) is 0 Å². The molecule has 1 rings (SSSR count). The van der Waals surface area contributed by atoms with Gasteiger partial charge >= 0.3 is 6.03 Å². The lowest BCUT2D eigenvalue weighted by molar-refractivity contribution is 0.237. The summed E-state index contributed by atoms with van der Waals surface area (Å²) in [5.41, 5.74) is 0. The molecule has 2 amide bonds. The first-order chi connectivity index (χ1) is 8.22. The maximum absolute atomic E-state index is 11.1. The minimum absolute atomic E-state index is 0.200. The van der Waals surface area contributed by atoms with Gasteiger partial charge in [-0.05, 0) is 6.07 Å². The summed E-state index contributed by atoms with van der Waals surface area (Å²) in [7, 11) is 0. The molecule has 0 saturated heterocycles. The highest BCUT2D eigenvalue weighted by Gasteiger charge is 1.98. The first-order valence-corrected chi connectivity index (χ1v) is 5.29. The van der Waals surface area contributed by atoms with Crippen molar-refractivity contribution in [2.24, 2.45) is 0 Å². The molecule has 0 radical (unpaired) electrons. The van der Waals surface area contributed by atoms with Gasteiger partial charge in [0, 0.05) is 12.3 Å². The summed E-state index contributed by atoms with van der Waals surface area (Å²) in [5, 5.41) is 5.58. The van der Waals surface area contributed by atoms with Gasteiger partial charge in [0.05, 0.1) is 18.1 Å². The van der Waals surface area contributed by atoms with Crippen LogP contribution >= 0.6 is 11.6 Å². The van der Waals surface area contributed by atoms with Crippen molar-refractivity contribution in [3.63, 3.8) is 0 Å². The monoisotopic (exact) mass is 253 g/mol. The van der Waals surface area contributed by atoms with E-state index in [9.17, 15) is 4.79 Å². The van der Waals surface area contributed by atoms with Crippen LogP contribution in [-0.4, -0.2) is 30.7 Å². The van der Waals surface area contributed by atoms with Crippen LogP contribution in [0.4, 0.5) is 4.79 Å². The molecule has 17 heavy (non-hydrogen) atoms. The minimum Gasteiger partial charge on any atom is -0.476 e. The van der Waals surface area contributed by atoms with E-state index in [-0.39, 0.29) is 12.6 Å². The van der Waals surface area contributed by atoms with Crippen molar-refractivity contribution in [2.75, 3.05) is 19.7 Å². The van der Waals surface area contributed by atoms with Gasteiger partial charge in [0.25, 0.3) is 0 Å². The standard InChI is InChI=1S/C11H12ClN3O2/c1-2-5-13-11(16)14-6-7-17-10-4-3-9(12)8-15-10/h1,3-4,8H,5-7H2,(H2,13,14,16). The van der Waals surface area contributed by atoms with Crippen LogP contribution in [0.2, 0.25) is 5.02 Å². The molecule has 0 aliphatic heterocycles. The summed E-state index contributed by atoms with van der Waals surface area (Å²) in [5.74, 6) is 2.75. The zero-order valence-corrected chi connectivity index (χ0v) is 9.83. The molecule has 1 heterocycles. The minimum atomic E-state index is -0.324. The number of nitrogens with zero attached hydrogens (tertiary/aromatic N) is 1. The molecular formula is C11H12ClN3O2. The zero-order valence-electron chi connectivity index (χ0n) is 9.07. The van der Waals surface area contributed by atoms with E-state index in [2.05, 4.69) is 21.5 Å². The third kappa shape index (κ3) is 5.64. The summed E-state index contributed by atoms with van der Waals surface area (Å²) >= 11 is 5.66. The van der Waals surface area contributed by atoms with E-state index in [1.54, 1.807) is 12.1 Å². The summed E-state index contributed by atoms with van der Waals surface area (Å²) in [6.07, 6.45) is 6.47. The zero-order chi connectivity index (χ0) is 12.5. The van der Waals surface area contributed by atoms with Crippen LogP contribution in [0.15, 0.2) is 18.3 Å². The number of amides is 2. The number of nitrogens with one attached hydrogen (secondary N) is 2. The van der Waals surface area contributed by atoms with Gasteiger partial charge in [0.1, 0.15) is 6.61 Å². The molecule has 5 nitrogen and oxygen atoms in total. The van der Waals surface area contributed by atoms with E-state index >= 15 is 0 Å². The second-order valence-corrected chi connectivity index (χ2v) is 3.41. The third-order valence-corrected chi connectivity index (χ3v) is 1.91. The number of hydrogen-bond donors (Lipinski definition) is 2. The Labute approximate surface area is 105 Å². The fourth-order valence-corrected chi connectivity index (χ4v) is 1.07. The van der Waals surface area contributed by atoms with Gasteiger partial charge in [-0.15, -0.1) is 6.42 Å². The molecule has 0 fully saturated rings. The maximum atomic E-state index is 11.1. The molecule has 0 spiro atoms. The molecule has 0 atom stereocenters. The van der Waals surface area contributed by atoms with Gasteiger partial charge in [-0.1, -0.05) is 17.5 Å². The van der Waals surface area contributed by atoms with Crippen molar-refractivity contribution in [1.29, 1.82) is 0 Å². The number of carbonyl (C=O) groups excluding carboxylic acids is 1. The molecule has 0 aliphatic carbocycles. The topological polar surface area (TPSA) is 63.2 Å². The summed E-state index contributed by atoms with van der Waals surface area (Å²) in [6.45, 7) is 0.879. The average molecular weight is 254 g/mol. The quantitative estimate of drug-likeness (QED) is 0.609. The molecule has 0 bridgehead atoms. The summed E-state index contributed by atoms with van der Waals surface area (Å²) in [4.78, 5) is 15.0. The Morgan fingerprint density at radius 2 is 2.35 bits per heavy atom. The van der Waals surface area contributed by atoms with E-state index < -0.39 is 0 Å². The van der Waals surface area contributed by atoms with E-state index in [0.717, 1.165) is 0 Å². The molecule has 2 N–H and O–H groups in total. The van der Waals surface area contributed by atoms with Crippen LogP contribution < -0.4 is 15.4 Å².